The van der Waals surface area contributed by atoms with E-state index in [0.29, 0.717) is 11.4 Å². The number of carbonyl (C=O) groups is 2. The summed E-state index contributed by atoms with van der Waals surface area (Å²) in [6, 6.07) is 3.02. The number of pyridine rings is 1. The molecule has 0 unspecified atom stereocenters. The molecule has 17 heavy (non-hydrogen) atoms. The number of nitrogens with two attached hydrogens (primary N) is 1. The van der Waals surface area contributed by atoms with Crippen LogP contribution in [0.15, 0.2) is 18.3 Å². The zero-order valence-corrected chi connectivity index (χ0v) is 9.98. The first kappa shape index (κ1) is 13.0. The first-order valence-electron chi connectivity index (χ1n) is 4.99. The summed E-state index contributed by atoms with van der Waals surface area (Å²) in [6.07, 6.45) is 1.45. The van der Waals surface area contributed by atoms with Gasteiger partial charge < -0.3 is 15.8 Å². The van der Waals surface area contributed by atoms with Gasteiger partial charge in [-0.1, -0.05) is 0 Å². The molecule has 0 saturated heterocycles. The van der Waals surface area contributed by atoms with Crippen LogP contribution >= 0.6 is 0 Å². The summed E-state index contributed by atoms with van der Waals surface area (Å²) in [5.41, 5.74) is 4.63. The van der Waals surface area contributed by atoms with E-state index in [0.717, 1.165) is 0 Å². The first-order valence-corrected chi connectivity index (χ1v) is 4.99. The molecule has 0 aliphatic heterocycles. The third kappa shape index (κ3) is 3.17. The number of anilines is 1. The largest absolute Gasteiger partial charge is 0.465 e. The van der Waals surface area contributed by atoms with Crippen molar-refractivity contribution in [2.24, 2.45) is 5.73 Å². The van der Waals surface area contributed by atoms with Gasteiger partial charge in [0, 0.05) is 6.20 Å². The van der Waals surface area contributed by atoms with E-state index in [1.54, 1.807) is 13.8 Å². The standard InChI is InChI=1S/C11H15N3O3/c1-11(2,10(12)16)14-8-6-7(4-5-13-8)9(15)17-3/h4-6H,1-3H3,(H2,12,16)(H,13,14). The van der Waals surface area contributed by atoms with Crippen molar-refractivity contribution in [3.05, 3.63) is 23.9 Å². The minimum Gasteiger partial charge on any atom is -0.465 e. The molecule has 1 amide bonds. The van der Waals surface area contributed by atoms with Crippen LogP contribution in [0.25, 0.3) is 0 Å². The highest BCUT2D eigenvalue weighted by Gasteiger charge is 2.25. The minimum atomic E-state index is -0.943. The summed E-state index contributed by atoms with van der Waals surface area (Å²) >= 11 is 0. The fraction of sp³-hybridized carbons (Fsp3) is 0.364. The van der Waals surface area contributed by atoms with Crippen LogP contribution in [-0.4, -0.2) is 29.5 Å². The van der Waals surface area contributed by atoms with E-state index in [1.807, 2.05) is 0 Å². The van der Waals surface area contributed by atoms with Crippen LogP contribution in [0.4, 0.5) is 5.82 Å². The Kier molecular flexibility index (Phi) is 3.67. The van der Waals surface area contributed by atoms with Gasteiger partial charge in [0.05, 0.1) is 12.7 Å². The number of methoxy groups -OCH3 is 1. The lowest BCUT2D eigenvalue weighted by Crippen LogP contribution is -2.45. The maximum Gasteiger partial charge on any atom is 0.338 e. The molecule has 1 heterocycles. The Bertz CT molecular complexity index is 443. The molecule has 6 nitrogen and oxygen atoms in total. The zero-order chi connectivity index (χ0) is 13.1. The Morgan fingerprint density at radius 1 is 1.47 bits per heavy atom. The van der Waals surface area contributed by atoms with Crippen molar-refractivity contribution in [1.29, 1.82) is 0 Å². The molecule has 0 spiro atoms. The molecular weight excluding hydrogens is 222 g/mol. The number of hydrogen-bond acceptors (Lipinski definition) is 5. The van der Waals surface area contributed by atoms with Crippen LogP contribution in [0.2, 0.25) is 0 Å². The number of hydrogen-bond donors (Lipinski definition) is 2. The second-order valence-corrected chi connectivity index (χ2v) is 4.04. The summed E-state index contributed by atoms with van der Waals surface area (Å²) in [7, 11) is 1.29. The zero-order valence-electron chi connectivity index (χ0n) is 9.98. The van der Waals surface area contributed by atoms with E-state index in [1.165, 1.54) is 25.4 Å². The molecule has 0 aliphatic carbocycles. The van der Waals surface area contributed by atoms with Gasteiger partial charge >= 0.3 is 5.97 Å². The molecule has 92 valence electrons. The van der Waals surface area contributed by atoms with Gasteiger partial charge in [0.15, 0.2) is 0 Å². The van der Waals surface area contributed by atoms with Crippen LogP contribution in [0.1, 0.15) is 24.2 Å². The third-order valence-electron chi connectivity index (χ3n) is 2.24. The Morgan fingerprint density at radius 3 is 2.65 bits per heavy atom. The highest BCUT2D eigenvalue weighted by molar-refractivity contribution is 5.91. The molecule has 6 heteroatoms. The molecule has 0 aliphatic rings. The van der Waals surface area contributed by atoms with Gasteiger partial charge in [0.2, 0.25) is 5.91 Å². The second-order valence-electron chi connectivity index (χ2n) is 4.04. The van der Waals surface area contributed by atoms with Gasteiger partial charge in [0.1, 0.15) is 11.4 Å². The first-order chi connectivity index (χ1) is 7.86. The van der Waals surface area contributed by atoms with Crippen molar-refractivity contribution in [1.82, 2.24) is 4.98 Å². The maximum atomic E-state index is 11.3. The number of nitrogens with one attached hydrogen (secondary N) is 1. The molecule has 1 aromatic rings. The van der Waals surface area contributed by atoms with Gasteiger partial charge in [-0.25, -0.2) is 9.78 Å². The number of primary amides is 1. The van der Waals surface area contributed by atoms with Gasteiger partial charge in [-0.2, -0.15) is 0 Å². The molecule has 1 aromatic heterocycles. The number of esters is 1. The van der Waals surface area contributed by atoms with Crippen LogP contribution < -0.4 is 11.1 Å². The Labute approximate surface area is 99.2 Å². The van der Waals surface area contributed by atoms with Gasteiger partial charge in [-0.05, 0) is 26.0 Å². The van der Waals surface area contributed by atoms with Gasteiger partial charge in [-0.3, -0.25) is 4.79 Å². The summed E-state index contributed by atoms with van der Waals surface area (Å²) in [6.45, 7) is 3.25. The van der Waals surface area contributed by atoms with Crippen LogP contribution in [0.3, 0.4) is 0 Å². The summed E-state index contributed by atoms with van der Waals surface area (Å²) in [4.78, 5) is 26.4. The number of amides is 1. The van der Waals surface area contributed by atoms with Crippen LogP contribution in [0.5, 0.6) is 0 Å². The monoisotopic (exact) mass is 237 g/mol. The minimum absolute atomic E-state index is 0.352. The van der Waals surface area contributed by atoms with Crippen molar-refractivity contribution >= 4 is 17.7 Å². The Morgan fingerprint density at radius 2 is 2.12 bits per heavy atom. The molecular formula is C11H15N3O3. The van der Waals surface area contributed by atoms with Crippen molar-refractivity contribution in [2.45, 2.75) is 19.4 Å². The lowest BCUT2D eigenvalue weighted by Gasteiger charge is -2.22. The quantitative estimate of drug-likeness (QED) is 0.745. The highest BCUT2D eigenvalue weighted by atomic mass is 16.5. The molecule has 0 radical (unpaired) electrons. The molecule has 0 atom stereocenters. The number of rotatable bonds is 4. The normalized spacial score (nSPS) is 10.8. The predicted molar refractivity (Wildman–Crippen MR) is 62.5 cm³/mol. The molecule has 0 saturated carbocycles. The predicted octanol–water partition coefficient (Wildman–Crippen LogP) is 0.544. The topological polar surface area (TPSA) is 94.3 Å². The maximum absolute atomic E-state index is 11.3. The summed E-state index contributed by atoms with van der Waals surface area (Å²) in [5, 5.41) is 2.84. The molecule has 0 bridgehead atoms. The lowest BCUT2D eigenvalue weighted by molar-refractivity contribution is -0.121. The Hall–Kier alpha value is -2.11. The number of carbonyl (C=O) groups excluding carboxylic acids is 2. The highest BCUT2D eigenvalue weighted by Crippen LogP contribution is 2.14. The fourth-order valence-corrected chi connectivity index (χ4v) is 1.13. The van der Waals surface area contributed by atoms with E-state index < -0.39 is 17.4 Å². The van der Waals surface area contributed by atoms with Gasteiger partial charge in [0.25, 0.3) is 0 Å². The van der Waals surface area contributed by atoms with E-state index in [-0.39, 0.29) is 0 Å². The van der Waals surface area contributed by atoms with Gasteiger partial charge in [-0.15, -0.1) is 0 Å². The summed E-state index contributed by atoms with van der Waals surface area (Å²) < 4.78 is 4.58. The van der Waals surface area contributed by atoms with E-state index >= 15 is 0 Å². The summed E-state index contributed by atoms with van der Waals surface area (Å²) in [5.74, 6) is -0.591. The van der Waals surface area contributed by atoms with E-state index in [9.17, 15) is 9.59 Å². The lowest BCUT2D eigenvalue weighted by atomic mass is 10.1. The number of aromatic nitrogens is 1. The van der Waals surface area contributed by atoms with Crippen LogP contribution in [0, 0.1) is 0 Å². The average molecular weight is 237 g/mol. The number of nitrogens with zero attached hydrogens (tertiary/aromatic N) is 1. The smallest absolute Gasteiger partial charge is 0.338 e. The average Bonchev–Trinajstić information content (AvgIpc) is 2.27. The Balaban J connectivity index is 2.93. The van der Waals surface area contributed by atoms with Crippen molar-refractivity contribution in [2.75, 3.05) is 12.4 Å². The number of ether oxygens (including phenoxy) is 1. The van der Waals surface area contributed by atoms with Crippen molar-refractivity contribution in [3.63, 3.8) is 0 Å². The SMILES string of the molecule is COC(=O)c1ccnc(NC(C)(C)C(N)=O)c1. The van der Waals surface area contributed by atoms with Crippen molar-refractivity contribution in [3.8, 4) is 0 Å². The van der Waals surface area contributed by atoms with E-state index in [4.69, 9.17) is 5.73 Å². The second kappa shape index (κ2) is 4.82. The van der Waals surface area contributed by atoms with Crippen LogP contribution in [-0.2, 0) is 9.53 Å². The fourth-order valence-electron chi connectivity index (χ4n) is 1.13. The molecule has 1 rings (SSSR count). The molecule has 3 N–H and O–H groups in total. The van der Waals surface area contributed by atoms with E-state index in [2.05, 4.69) is 15.0 Å². The molecule has 0 fully saturated rings. The molecule has 0 aromatic carbocycles. The van der Waals surface area contributed by atoms with Crippen molar-refractivity contribution < 1.29 is 14.3 Å². The third-order valence-corrected chi connectivity index (χ3v) is 2.24.